The summed E-state index contributed by atoms with van der Waals surface area (Å²) >= 11 is 9.60. The van der Waals surface area contributed by atoms with Crippen molar-refractivity contribution in [3.63, 3.8) is 0 Å². The van der Waals surface area contributed by atoms with Crippen LogP contribution in [0, 0.1) is 3.57 Å². The molecule has 1 atom stereocenters. The number of aromatic hydroxyl groups is 1. The first-order valence-electron chi connectivity index (χ1n) is 11.9. The average molecular weight is 669 g/mol. The number of rotatable bonds is 8. The molecule has 0 radical (unpaired) electrons. The number of thiazole rings is 1. The molecule has 0 saturated carbocycles. The highest BCUT2D eigenvalue weighted by Gasteiger charge is 2.36. The summed E-state index contributed by atoms with van der Waals surface area (Å²) < 4.78 is 18.8. The standard InChI is InChI=1S/C27H26ClIN2O6S/c1-5-7-18-22(26(34)37-6-2)23(16-13-15(28)8-9-19(16)35-3)31-25(33)21(38-27(31)30-18)12-14-10-17(29)24(32)20(11-14)36-4/h8-13,23,32H,5-7H2,1-4H3/b21-12+/t23-/m1/s1. The first-order chi connectivity index (χ1) is 18.2. The summed E-state index contributed by atoms with van der Waals surface area (Å²) in [5, 5.41) is 10.7. The van der Waals surface area contributed by atoms with Crippen LogP contribution < -0.4 is 24.4 Å². The highest BCUT2D eigenvalue weighted by molar-refractivity contribution is 14.1. The molecule has 2 heterocycles. The van der Waals surface area contributed by atoms with Crippen LogP contribution in [0.2, 0.25) is 5.02 Å². The fourth-order valence-corrected chi connectivity index (χ4v) is 6.14. The zero-order valence-electron chi connectivity index (χ0n) is 21.2. The molecule has 0 aliphatic carbocycles. The molecule has 0 fully saturated rings. The number of phenolic OH excluding ortho intramolecular Hbond substituents is 1. The second-order valence-electron chi connectivity index (χ2n) is 8.35. The van der Waals surface area contributed by atoms with Gasteiger partial charge in [-0.05, 0) is 77.9 Å². The number of halogens is 2. The van der Waals surface area contributed by atoms with Crippen LogP contribution in [0.4, 0.5) is 0 Å². The van der Waals surface area contributed by atoms with Crippen molar-refractivity contribution in [3.8, 4) is 17.2 Å². The monoisotopic (exact) mass is 668 g/mol. The molecular formula is C27H26ClIN2O6S. The maximum absolute atomic E-state index is 13.9. The molecule has 4 rings (SSSR count). The number of ether oxygens (including phenoxy) is 3. The van der Waals surface area contributed by atoms with Gasteiger partial charge in [0.2, 0.25) is 0 Å². The zero-order valence-corrected chi connectivity index (χ0v) is 24.9. The van der Waals surface area contributed by atoms with Crippen molar-refractivity contribution in [3.05, 3.63) is 81.0 Å². The Bertz CT molecular complexity index is 1610. The fourth-order valence-electron chi connectivity index (χ4n) is 4.32. The van der Waals surface area contributed by atoms with Gasteiger partial charge in [-0.2, -0.15) is 0 Å². The van der Waals surface area contributed by atoms with E-state index >= 15 is 0 Å². The molecular weight excluding hydrogens is 643 g/mol. The first kappa shape index (κ1) is 28.2. The number of aromatic nitrogens is 1. The predicted molar refractivity (Wildman–Crippen MR) is 155 cm³/mol. The van der Waals surface area contributed by atoms with Crippen molar-refractivity contribution in [1.82, 2.24) is 4.57 Å². The number of hydrogen-bond donors (Lipinski definition) is 1. The molecule has 0 spiro atoms. The number of carbonyl (C=O) groups excluding carboxylic acids is 1. The molecule has 2 aromatic carbocycles. The normalized spacial score (nSPS) is 15.2. The van der Waals surface area contributed by atoms with Crippen LogP contribution in [-0.2, 0) is 9.53 Å². The Morgan fingerprint density at radius 3 is 2.61 bits per heavy atom. The molecule has 1 aliphatic rings. The Hall–Kier alpha value is -2.83. The Morgan fingerprint density at radius 1 is 1.21 bits per heavy atom. The van der Waals surface area contributed by atoms with E-state index in [4.69, 9.17) is 30.8 Å². The molecule has 1 N–H and O–H groups in total. The van der Waals surface area contributed by atoms with Gasteiger partial charge in [0.05, 0.1) is 40.2 Å². The van der Waals surface area contributed by atoms with Gasteiger partial charge in [0, 0.05) is 10.6 Å². The largest absolute Gasteiger partial charge is 0.504 e. The van der Waals surface area contributed by atoms with Crippen LogP contribution in [0.5, 0.6) is 17.2 Å². The molecule has 0 unspecified atom stereocenters. The summed E-state index contributed by atoms with van der Waals surface area (Å²) in [4.78, 5) is 32.5. The average Bonchev–Trinajstić information content (AvgIpc) is 3.19. The lowest BCUT2D eigenvalue weighted by Crippen LogP contribution is -2.40. The van der Waals surface area contributed by atoms with Gasteiger partial charge in [0.15, 0.2) is 16.3 Å². The summed E-state index contributed by atoms with van der Waals surface area (Å²) in [5.41, 5.74) is 1.74. The summed E-state index contributed by atoms with van der Waals surface area (Å²) in [6.07, 6.45) is 2.97. The van der Waals surface area contributed by atoms with Crippen LogP contribution in [0.1, 0.15) is 43.9 Å². The van der Waals surface area contributed by atoms with Crippen LogP contribution in [0.25, 0.3) is 6.08 Å². The van der Waals surface area contributed by atoms with Gasteiger partial charge >= 0.3 is 5.97 Å². The van der Waals surface area contributed by atoms with E-state index in [2.05, 4.69) is 0 Å². The van der Waals surface area contributed by atoms with Crippen molar-refractivity contribution in [2.24, 2.45) is 4.99 Å². The van der Waals surface area contributed by atoms with Crippen LogP contribution >= 0.6 is 45.5 Å². The van der Waals surface area contributed by atoms with E-state index in [1.807, 2.05) is 29.5 Å². The summed E-state index contributed by atoms with van der Waals surface area (Å²) in [7, 11) is 2.99. The van der Waals surface area contributed by atoms with E-state index in [-0.39, 0.29) is 23.5 Å². The third-order valence-corrected chi connectivity index (χ3v) is 7.99. The predicted octanol–water partition coefficient (Wildman–Crippen LogP) is 4.56. The molecule has 38 heavy (non-hydrogen) atoms. The summed E-state index contributed by atoms with van der Waals surface area (Å²) in [6, 6.07) is 7.65. The van der Waals surface area contributed by atoms with Gasteiger partial charge in [0.25, 0.3) is 5.56 Å². The number of hydrogen-bond acceptors (Lipinski definition) is 8. The van der Waals surface area contributed by atoms with Crippen LogP contribution in [0.3, 0.4) is 0 Å². The smallest absolute Gasteiger partial charge is 0.338 e. The highest BCUT2D eigenvalue weighted by atomic mass is 127. The van der Waals surface area contributed by atoms with Gasteiger partial charge in [0.1, 0.15) is 11.8 Å². The second kappa shape index (κ2) is 11.9. The molecule has 1 aromatic heterocycles. The Morgan fingerprint density at radius 2 is 1.95 bits per heavy atom. The SMILES string of the molecule is CCCC1=C(C(=O)OCC)[C@@H](c2cc(Cl)ccc2OC)n2c(s/c(=C/c3cc(I)c(O)c(OC)c3)c2=O)=N1. The van der Waals surface area contributed by atoms with Gasteiger partial charge in [-0.1, -0.05) is 36.3 Å². The number of allylic oxidation sites excluding steroid dienone is 1. The number of esters is 1. The fraction of sp³-hybridized carbons (Fsp3) is 0.296. The molecule has 11 heteroatoms. The van der Waals surface area contributed by atoms with E-state index in [0.29, 0.717) is 52.7 Å². The van der Waals surface area contributed by atoms with Crippen LogP contribution in [0.15, 0.2) is 51.4 Å². The van der Waals surface area contributed by atoms with E-state index in [1.165, 1.54) is 30.1 Å². The molecule has 1 aliphatic heterocycles. The number of benzene rings is 2. The Balaban J connectivity index is 2.05. The zero-order chi connectivity index (χ0) is 27.6. The van der Waals surface area contributed by atoms with E-state index in [9.17, 15) is 14.7 Å². The topological polar surface area (TPSA) is 99.4 Å². The van der Waals surface area contributed by atoms with Crippen molar-refractivity contribution >= 4 is 57.6 Å². The quantitative estimate of drug-likeness (QED) is 0.279. The first-order valence-corrected chi connectivity index (χ1v) is 14.1. The van der Waals surface area contributed by atoms with Crippen LogP contribution in [-0.4, -0.2) is 36.5 Å². The van der Waals surface area contributed by atoms with Gasteiger partial charge in [-0.15, -0.1) is 0 Å². The second-order valence-corrected chi connectivity index (χ2v) is 11.0. The number of nitrogens with zero attached hydrogens (tertiary/aromatic N) is 2. The molecule has 3 aromatic rings. The molecule has 0 amide bonds. The van der Waals surface area contributed by atoms with E-state index in [1.54, 1.807) is 43.3 Å². The lowest BCUT2D eigenvalue weighted by molar-refractivity contribution is -0.139. The van der Waals surface area contributed by atoms with E-state index in [0.717, 1.165) is 6.42 Å². The van der Waals surface area contributed by atoms with Crippen molar-refractivity contribution < 1.29 is 24.1 Å². The number of methoxy groups -OCH3 is 2. The molecule has 200 valence electrons. The number of fused-ring (bicyclic) bond motifs is 1. The van der Waals surface area contributed by atoms with Crippen molar-refractivity contribution in [1.29, 1.82) is 0 Å². The molecule has 0 bridgehead atoms. The van der Waals surface area contributed by atoms with Crippen molar-refractivity contribution in [2.75, 3.05) is 20.8 Å². The third-order valence-electron chi connectivity index (χ3n) is 5.95. The van der Waals surface area contributed by atoms with Gasteiger partial charge in [-0.25, -0.2) is 9.79 Å². The lowest BCUT2D eigenvalue weighted by atomic mass is 9.93. The Kier molecular flexibility index (Phi) is 8.84. The lowest BCUT2D eigenvalue weighted by Gasteiger charge is -2.27. The number of carbonyl (C=O) groups is 1. The summed E-state index contributed by atoms with van der Waals surface area (Å²) in [5.74, 6) is 0.264. The number of phenols is 1. The Labute approximate surface area is 242 Å². The minimum absolute atomic E-state index is 0.0306. The minimum atomic E-state index is -0.850. The van der Waals surface area contributed by atoms with Crippen molar-refractivity contribution in [2.45, 2.75) is 32.7 Å². The summed E-state index contributed by atoms with van der Waals surface area (Å²) in [6.45, 7) is 3.90. The maximum Gasteiger partial charge on any atom is 0.338 e. The van der Waals surface area contributed by atoms with Gasteiger partial charge < -0.3 is 19.3 Å². The van der Waals surface area contributed by atoms with E-state index < -0.39 is 12.0 Å². The van der Waals surface area contributed by atoms with Gasteiger partial charge in [-0.3, -0.25) is 9.36 Å². The maximum atomic E-state index is 13.9. The molecule has 0 saturated heterocycles. The highest BCUT2D eigenvalue weighted by Crippen LogP contribution is 2.38. The molecule has 8 nitrogen and oxygen atoms in total. The minimum Gasteiger partial charge on any atom is -0.504 e. The third kappa shape index (κ3) is 5.34.